The fourth-order valence-corrected chi connectivity index (χ4v) is 4.56. The van der Waals surface area contributed by atoms with E-state index in [0.717, 1.165) is 30.1 Å². The number of carbonyl (C=O) groups excluding carboxylic acids is 1. The molecule has 0 aliphatic carbocycles. The molecular formula is C17H21N3O3S. The molecule has 7 heteroatoms. The number of piperidine rings is 1. The van der Waals surface area contributed by atoms with Gasteiger partial charge in [-0.1, -0.05) is 5.16 Å². The van der Waals surface area contributed by atoms with E-state index in [-0.39, 0.29) is 18.1 Å². The third-order valence-corrected chi connectivity index (χ3v) is 6.31. The summed E-state index contributed by atoms with van der Waals surface area (Å²) in [7, 11) is 0. The lowest BCUT2D eigenvalue weighted by atomic mass is 9.91. The highest BCUT2D eigenvalue weighted by Gasteiger charge is 2.42. The summed E-state index contributed by atoms with van der Waals surface area (Å²) in [5.74, 6) is 1.06. The van der Waals surface area contributed by atoms with E-state index in [1.165, 1.54) is 11.1 Å². The Hall–Kier alpha value is -1.73. The molecule has 24 heavy (non-hydrogen) atoms. The minimum Gasteiger partial charge on any atom is -0.366 e. The Bertz CT molecular complexity index is 749. The molecule has 2 aliphatic rings. The monoisotopic (exact) mass is 347 g/mol. The molecular weight excluding hydrogens is 326 g/mol. The van der Waals surface area contributed by atoms with Crippen LogP contribution in [0.5, 0.6) is 0 Å². The SMILES string of the molecule is Cc1nc([C@@H]2C[C@@H]3CCN(C(=O)c4cnoc4C)C[C@H]3O2)sc1C. The number of aromatic nitrogens is 2. The van der Waals surface area contributed by atoms with Gasteiger partial charge < -0.3 is 14.2 Å². The van der Waals surface area contributed by atoms with Crippen LogP contribution in [0.4, 0.5) is 0 Å². The van der Waals surface area contributed by atoms with E-state index in [1.54, 1.807) is 18.3 Å². The normalized spacial score (nSPS) is 26.6. The first kappa shape index (κ1) is 15.8. The first-order valence-corrected chi connectivity index (χ1v) is 9.14. The first-order valence-electron chi connectivity index (χ1n) is 8.33. The highest BCUT2D eigenvalue weighted by Crippen LogP contribution is 2.42. The second-order valence-corrected chi connectivity index (χ2v) is 7.92. The fourth-order valence-electron chi connectivity index (χ4n) is 3.58. The molecule has 2 aromatic heterocycles. The largest absolute Gasteiger partial charge is 0.366 e. The van der Waals surface area contributed by atoms with Gasteiger partial charge in [-0.25, -0.2) is 4.98 Å². The fraction of sp³-hybridized carbons (Fsp3) is 0.588. The number of ether oxygens (including phenoxy) is 1. The van der Waals surface area contributed by atoms with E-state index in [9.17, 15) is 4.79 Å². The van der Waals surface area contributed by atoms with Gasteiger partial charge in [0, 0.05) is 18.0 Å². The van der Waals surface area contributed by atoms with Crippen LogP contribution in [0.15, 0.2) is 10.7 Å². The summed E-state index contributed by atoms with van der Waals surface area (Å²) in [6.07, 6.45) is 3.65. The van der Waals surface area contributed by atoms with Crippen LogP contribution in [-0.2, 0) is 4.74 Å². The van der Waals surface area contributed by atoms with Gasteiger partial charge in [-0.05, 0) is 39.5 Å². The number of hydrogen-bond donors (Lipinski definition) is 0. The summed E-state index contributed by atoms with van der Waals surface area (Å²) in [5, 5.41) is 4.78. The number of rotatable bonds is 2. The zero-order chi connectivity index (χ0) is 16.8. The first-order chi connectivity index (χ1) is 11.5. The molecule has 0 bridgehead atoms. The predicted octanol–water partition coefficient (Wildman–Crippen LogP) is 3.05. The highest BCUT2D eigenvalue weighted by molar-refractivity contribution is 7.11. The average Bonchev–Trinajstić information content (AvgIpc) is 3.25. The van der Waals surface area contributed by atoms with Crippen molar-refractivity contribution in [2.75, 3.05) is 13.1 Å². The predicted molar refractivity (Wildman–Crippen MR) is 89.1 cm³/mol. The van der Waals surface area contributed by atoms with Crippen LogP contribution in [0.25, 0.3) is 0 Å². The van der Waals surface area contributed by atoms with Gasteiger partial charge in [0.2, 0.25) is 0 Å². The van der Waals surface area contributed by atoms with E-state index in [0.29, 0.717) is 23.8 Å². The Morgan fingerprint density at radius 2 is 2.21 bits per heavy atom. The van der Waals surface area contributed by atoms with Gasteiger partial charge in [-0.2, -0.15) is 0 Å². The van der Waals surface area contributed by atoms with Crippen LogP contribution in [0, 0.1) is 26.7 Å². The van der Waals surface area contributed by atoms with E-state index >= 15 is 0 Å². The van der Waals surface area contributed by atoms with Gasteiger partial charge in [0.05, 0.1) is 18.0 Å². The molecule has 1 amide bonds. The number of thiazole rings is 1. The van der Waals surface area contributed by atoms with Crippen molar-refractivity contribution in [3.05, 3.63) is 33.1 Å². The Kier molecular flexibility index (Phi) is 3.92. The summed E-state index contributed by atoms with van der Waals surface area (Å²) in [4.78, 5) is 20.4. The van der Waals surface area contributed by atoms with Crippen LogP contribution < -0.4 is 0 Å². The summed E-state index contributed by atoms with van der Waals surface area (Å²) in [6.45, 7) is 7.30. The number of likely N-dealkylation sites (tertiary alicyclic amines) is 1. The molecule has 0 aromatic carbocycles. The van der Waals surface area contributed by atoms with Gasteiger partial charge >= 0.3 is 0 Å². The smallest absolute Gasteiger partial charge is 0.259 e. The number of carbonyl (C=O) groups is 1. The van der Waals surface area contributed by atoms with Gasteiger partial charge in [0.1, 0.15) is 22.4 Å². The minimum atomic E-state index is -0.0137. The van der Waals surface area contributed by atoms with Crippen molar-refractivity contribution in [2.45, 2.75) is 45.8 Å². The minimum absolute atomic E-state index is 0.0137. The molecule has 0 spiro atoms. The summed E-state index contributed by atoms with van der Waals surface area (Å²) < 4.78 is 11.3. The van der Waals surface area contributed by atoms with Gasteiger partial charge in [-0.15, -0.1) is 11.3 Å². The molecule has 0 unspecified atom stereocenters. The second kappa shape index (κ2) is 5.97. The van der Waals surface area contributed by atoms with Gasteiger partial charge in [-0.3, -0.25) is 4.79 Å². The quantitative estimate of drug-likeness (QED) is 0.835. The Morgan fingerprint density at radius 3 is 2.88 bits per heavy atom. The van der Waals surface area contributed by atoms with Crippen LogP contribution in [0.3, 0.4) is 0 Å². The zero-order valence-corrected chi connectivity index (χ0v) is 14.9. The van der Waals surface area contributed by atoms with Crippen molar-refractivity contribution in [3.8, 4) is 0 Å². The topological polar surface area (TPSA) is 68.5 Å². The maximum absolute atomic E-state index is 12.6. The molecule has 4 heterocycles. The van der Waals surface area contributed by atoms with Crippen molar-refractivity contribution in [1.82, 2.24) is 15.0 Å². The lowest BCUT2D eigenvalue weighted by Gasteiger charge is -2.33. The molecule has 2 aromatic rings. The van der Waals surface area contributed by atoms with Crippen molar-refractivity contribution < 1.29 is 14.1 Å². The lowest BCUT2D eigenvalue weighted by molar-refractivity contribution is -0.00455. The Labute approximate surface area is 144 Å². The third kappa shape index (κ3) is 2.65. The number of hydrogen-bond acceptors (Lipinski definition) is 6. The van der Waals surface area contributed by atoms with E-state index in [2.05, 4.69) is 17.1 Å². The summed E-state index contributed by atoms with van der Waals surface area (Å²) in [5.41, 5.74) is 1.64. The van der Waals surface area contributed by atoms with E-state index in [1.807, 2.05) is 11.8 Å². The number of amides is 1. The molecule has 4 rings (SSSR count). The average molecular weight is 347 g/mol. The molecule has 2 saturated heterocycles. The standard InChI is InChI=1S/C17H21N3O3S/c1-9-11(3)24-16(19-9)14-6-12-4-5-20(8-15(12)22-14)17(21)13-7-18-23-10(13)2/h7,12,14-15H,4-6,8H2,1-3H3/t12-,14-,15+/m0/s1. The summed E-state index contributed by atoms with van der Waals surface area (Å²) in [6, 6.07) is 0. The lowest BCUT2D eigenvalue weighted by Crippen LogP contribution is -2.45. The van der Waals surface area contributed by atoms with Crippen LogP contribution in [0.2, 0.25) is 0 Å². The second-order valence-electron chi connectivity index (χ2n) is 6.69. The van der Waals surface area contributed by atoms with Gasteiger partial charge in [0.25, 0.3) is 5.91 Å². The maximum atomic E-state index is 12.6. The highest BCUT2D eigenvalue weighted by atomic mass is 32.1. The van der Waals surface area contributed by atoms with Crippen LogP contribution >= 0.6 is 11.3 Å². The molecule has 128 valence electrons. The third-order valence-electron chi connectivity index (χ3n) is 5.14. The van der Waals surface area contributed by atoms with E-state index in [4.69, 9.17) is 9.26 Å². The molecule has 2 fully saturated rings. The zero-order valence-electron chi connectivity index (χ0n) is 14.1. The Balaban J connectivity index is 1.46. The summed E-state index contributed by atoms with van der Waals surface area (Å²) >= 11 is 1.73. The van der Waals surface area contributed by atoms with Crippen LogP contribution in [0.1, 0.15) is 50.6 Å². The van der Waals surface area contributed by atoms with Gasteiger partial charge in [0.15, 0.2) is 0 Å². The molecule has 0 saturated carbocycles. The number of aryl methyl sites for hydroxylation is 3. The van der Waals surface area contributed by atoms with E-state index < -0.39 is 0 Å². The molecule has 0 radical (unpaired) electrons. The number of fused-ring (bicyclic) bond motifs is 1. The van der Waals surface area contributed by atoms with Crippen LogP contribution in [-0.4, -0.2) is 40.1 Å². The van der Waals surface area contributed by atoms with Crippen molar-refractivity contribution >= 4 is 17.2 Å². The number of nitrogens with zero attached hydrogens (tertiary/aromatic N) is 3. The maximum Gasteiger partial charge on any atom is 0.259 e. The van der Waals surface area contributed by atoms with Crippen molar-refractivity contribution in [1.29, 1.82) is 0 Å². The molecule has 3 atom stereocenters. The molecule has 2 aliphatic heterocycles. The molecule has 6 nitrogen and oxygen atoms in total. The van der Waals surface area contributed by atoms with Crippen molar-refractivity contribution in [3.63, 3.8) is 0 Å². The van der Waals surface area contributed by atoms with Crippen molar-refractivity contribution in [2.24, 2.45) is 5.92 Å². The molecule has 0 N–H and O–H groups in total. The Morgan fingerprint density at radius 1 is 1.38 bits per heavy atom.